The number of rotatable bonds is 8. The van der Waals surface area contributed by atoms with Gasteiger partial charge < -0.3 is 19.9 Å². The number of guanidine groups is 1. The van der Waals surface area contributed by atoms with Crippen LogP contribution in [0.15, 0.2) is 41.5 Å². The van der Waals surface area contributed by atoms with E-state index in [4.69, 9.17) is 4.74 Å². The molecule has 2 rings (SSSR count). The highest BCUT2D eigenvalue weighted by Gasteiger charge is 2.09. The Kier molecular flexibility index (Phi) is 10.2. The number of halogens is 1. The van der Waals surface area contributed by atoms with Gasteiger partial charge in [0.1, 0.15) is 5.82 Å². The Labute approximate surface area is 167 Å². The van der Waals surface area contributed by atoms with Crippen LogP contribution in [0.1, 0.15) is 19.7 Å². The third kappa shape index (κ3) is 7.03. The molecular formula is C18H28IN5O. The molecular weight excluding hydrogens is 429 g/mol. The number of aromatic nitrogens is 2. The van der Waals surface area contributed by atoms with Gasteiger partial charge in [-0.05, 0) is 19.4 Å². The summed E-state index contributed by atoms with van der Waals surface area (Å²) < 4.78 is 5.34. The molecule has 0 fully saturated rings. The number of hydrogen-bond donors (Lipinski definition) is 2. The van der Waals surface area contributed by atoms with Crippen LogP contribution in [0, 0.1) is 0 Å². The minimum absolute atomic E-state index is 0. The molecule has 0 atom stereocenters. The number of H-pyrrole nitrogens is 1. The molecule has 1 aromatic carbocycles. The lowest BCUT2D eigenvalue weighted by molar-refractivity contribution is 0.155. The zero-order valence-corrected chi connectivity index (χ0v) is 17.5. The molecule has 0 aliphatic carbocycles. The predicted molar refractivity (Wildman–Crippen MR) is 113 cm³/mol. The number of aliphatic imine (C=N–C) groups is 1. The van der Waals surface area contributed by atoms with Gasteiger partial charge in [0.25, 0.3) is 0 Å². The molecule has 2 aromatic rings. The molecule has 6 nitrogen and oxygen atoms in total. The van der Waals surface area contributed by atoms with Gasteiger partial charge in [-0.1, -0.05) is 30.3 Å². The first-order chi connectivity index (χ1) is 11.7. The number of benzene rings is 1. The normalized spacial score (nSPS) is 11.1. The lowest BCUT2D eigenvalue weighted by Crippen LogP contribution is -2.39. The third-order valence-corrected chi connectivity index (χ3v) is 3.50. The first-order valence-corrected chi connectivity index (χ1v) is 8.41. The van der Waals surface area contributed by atoms with Crippen LogP contribution in [-0.2, 0) is 11.3 Å². The van der Waals surface area contributed by atoms with Crippen molar-refractivity contribution in [1.82, 2.24) is 20.2 Å². The minimum Gasteiger partial charge on any atom is -0.380 e. The summed E-state index contributed by atoms with van der Waals surface area (Å²) in [5, 5.41) is 3.30. The Morgan fingerprint density at radius 3 is 2.72 bits per heavy atom. The van der Waals surface area contributed by atoms with Crippen molar-refractivity contribution < 1.29 is 4.74 Å². The number of hydrogen-bond acceptors (Lipinski definition) is 3. The zero-order valence-electron chi connectivity index (χ0n) is 15.2. The average molecular weight is 457 g/mol. The van der Waals surface area contributed by atoms with Crippen molar-refractivity contribution in [3.63, 3.8) is 0 Å². The van der Waals surface area contributed by atoms with E-state index in [1.165, 1.54) is 0 Å². The summed E-state index contributed by atoms with van der Waals surface area (Å²) in [5.74, 6) is 1.77. The Bertz CT molecular complexity index is 629. The van der Waals surface area contributed by atoms with E-state index in [1.54, 1.807) is 0 Å². The fourth-order valence-electron chi connectivity index (χ4n) is 2.34. The molecule has 0 unspecified atom stereocenters. The Balaban J connectivity index is 0.00000312. The molecule has 1 aromatic heterocycles. The maximum atomic E-state index is 5.34. The van der Waals surface area contributed by atoms with Crippen molar-refractivity contribution in [3.8, 4) is 11.3 Å². The molecule has 7 heteroatoms. The van der Waals surface area contributed by atoms with E-state index in [0.717, 1.165) is 36.2 Å². The second-order valence-electron chi connectivity index (χ2n) is 5.40. The van der Waals surface area contributed by atoms with Crippen molar-refractivity contribution in [3.05, 3.63) is 42.4 Å². The van der Waals surface area contributed by atoms with E-state index < -0.39 is 0 Å². The molecule has 1 heterocycles. The molecule has 0 amide bonds. The smallest absolute Gasteiger partial charge is 0.194 e. The van der Waals surface area contributed by atoms with Gasteiger partial charge in [0, 0.05) is 20.2 Å². The Morgan fingerprint density at radius 1 is 1.28 bits per heavy atom. The van der Waals surface area contributed by atoms with E-state index in [9.17, 15) is 0 Å². The minimum atomic E-state index is 0. The van der Waals surface area contributed by atoms with Gasteiger partial charge in [0.05, 0.1) is 31.6 Å². The molecule has 25 heavy (non-hydrogen) atoms. The summed E-state index contributed by atoms with van der Waals surface area (Å²) in [6.45, 7) is 7.54. The first-order valence-electron chi connectivity index (χ1n) is 8.41. The predicted octanol–water partition coefficient (Wildman–Crippen LogP) is 3.13. The summed E-state index contributed by atoms with van der Waals surface area (Å²) in [4.78, 5) is 14.5. The average Bonchev–Trinajstić information content (AvgIpc) is 3.07. The fourth-order valence-corrected chi connectivity index (χ4v) is 2.34. The van der Waals surface area contributed by atoms with Crippen LogP contribution in [0.3, 0.4) is 0 Å². The quantitative estimate of drug-likeness (QED) is 0.277. The van der Waals surface area contributed by atoms with Crippen LogP contribution >= 0.6 is 24.0 Å². The van der Waals surface area contributed by atoms with E-state index >= 15 is 0 Å². The summed E-state index contributed by atoms with van der Waals surface area (Å²) in [7, 11) is 2.01. The van der Waals surface area contributed by atoms with E-state index in [-0.39, 0.29) is 24.0 Å². The second kappa shape index (κ2) is 11.9. The van der Waals surface area contributed by atoms with Gasteiger partial charge in [-0.15, -0.1) is 24.0 Å². The lowest BCUT2D eigenvalue weighted by atomic mass is 10.2. The lowest BCUT2D eigenvalue weighted by Gasteiger charge is -2.21. The van der Waals surface area contributed by atoms with Gasteiger partial charge in [-0.2, -0.15) is 0 Å². The van der Waals surface area contributed by atoms with Crippen molar-refractivity contribution in [2.45, 2.75) is 20.4 Å². The van der Waals surface area contributed by atoms with Gasteiger partial charge in [0.15, 0.2) is 5.96 Å². The molecule has 0 bridgehead atoms. The van der Waals surface area contributed by atoms with Crippen molar-refractivity contribution >= 4 is 29.9 Å². The maximum absolute atomic E-state index is 5.34. The van der Waals surface area contributed by atoms with Gasteiger partial charge in [-0.25, -0.2) is 4.98 Å². The van der Waals surface area contributed by atoms with Crippen LogP contribution < -0.4 is 5.32 Å². The van der Waals surface area contributed by atoms with Crippen molar-refractivity contribution in [2.24, 2.45) is 4.99 Å². The van der Waals surface area contributed by atoms with E-state index in [0.29, 0.717) is 19.7 Å². The number of aromatic amines is 1. The summed E-state index contributed by atoms with van der Waals surface area (Å²) in [5.41, 5.74) is 2.16. The molecule has 0 spiro atoms. The molecule has 0 saturated heterocycles. The monoisotopic (exact) mass is 457 g/mol. The fraction of sp³-hybridized carbons (Fsp3) is 0.444. The second-order valence-corrected chi connectivity index (χ2v) is 5.40. The van der Waals surface area contributed by atoms with E-state index in [2.05, 4.69) is 44.2 Å². The molecule has 138 valence electrons. The zero-order chi connectivity index (χ0) is 17.2. The first kappa shape index (κ1) is 21.4. The summed E-state index contributed by atoms with van der Waals surface area (Å²) >= 11 is 0. The van der Waals surface area contributed by atoms with Crippen LogP contribution in [-0.4, -0.2) is 54.2 Å². The number of ether oxygens (including phenoxy) is 1. The van der Waals surface area contributed by atoms with Crippen LogP contribution in [0.2, 0.25) is 0 Å². The van der Waals surface area contributed by atoms with Crippen molar-refractivity contribution in [1.29, 1.82) is 0 Å². The van der Waals surface area contributed by atoms with Crippen molar-refractivity contribution in [2.75, 3.05) is 33.4 Å². The van der Waals surface area contributed by atoms with Gasteiger partial charge in [-0.3, -0.25) is 4.99 Å². The molecule has 0 radical (unpaired) electrons. The number of nitrogens with one attached hydrogen (secondary N) is 2. The molecule has 0 aliphatic heterocycles. The topological polar surface area (TPSA) is 65.5 Å². The Morgan fingerprint density at radius 2 is 2.04 bits per heavy atom. The number of nitrogens with zero attached hydrogens (tertiary/aromatic N) is 3. The summed E-state index contributed by atoms with van der Waals surface area (Å²) in [6, 6.07) is 10.2. The van der Waals surface area contributed by atoms with Crippen LogP contribution in [0.25, 0.3) is 11.3 Å². The SMILES string of the molecule is CCNC(=NCCOCC)N(C)Cc1ncc(-c2ccccc2)[nH]1.I. The van der Waals surface area contributed by atoms with Crippen LogP contribution in [0.5, 0.6) is 0 Å². The van der Waals surface area contributed by atoms with Gasteiger partial charge in [0.2, 0.25) is 0 Å². The van der Waals surface area contributed by atoms with Gasteiger partial charge >= 0.3 is 0 Å². The number of imidazole rings is 1. The maximum Gasteiger partial charge on any atom is 0.194 e. The summed E-state index contributed by atoms with van der Waals surface area (Å²) in [6.07, 6.45) is 1.87. The molecule has 0 aliphatic rings. The highest BCUT2D eigenvalue weighted by atomic mass is 127. The largest absolute Gasteiger partial charge is 0.380 e. The molecule has 2 N–H and O–H groups in total. The molecule has 0 saturated carbocycles. The highest BCUT2D eigenvalue weighted by Crippen LogP contribution is 2.16. The van der Waals surface area contributed by atoms with E-state index in [1.807, 2.05) is 38.4 Å². The third-order valence-electron chi connectivity index (χ3n) is 3.50. The van der Waals surface area contributed by atoms with Crippen LogP contribution in [0.4, 0.5) is 0 Å². The standard InChI is InChI=1S/C18H27N5O.HI/c1-4-19-18(20-11-12-24-5-2)23(3)14-17-21-13-16(22-17)15-9-7-6-8-10-15;/h6-10,13H,4-5,11-12,14H2,1-3H3,(H,19,20)(H,21,22);1H. The Hall–Kier alpha value is -1.61. The highest BCUT2D eigenvalue weighted by molar-refractivity contribution is 14.0.